The summed E-state index contributed by atoms with van der Waals surface area (Å²) in [5.74, 6) is 1.53. The zero-order valence-electron chi connectivity index (χ0n) is 10.5. The Bertz CT molecular complexity index is 492. The maximum absolute atomic E-state index is 4.49. The van der Waals surface area contributed by atoms with Crippen LogP contribution in [0, 0.1) is 0 Å². The zero-order valence-corrected chi connectivity index (χ0v) is 10.5. The van der Waals surface area contributed by atoms with Crippen molar-refractivity contribution in [1.29, 1.82) is 0 Å². The van der Waals surface area contributed by atoms with E-state index in [1.807, 2.05) is 14.1 Å². The van der Waals surface area contributed by atoms with Crippen molar-refractivity contribution in [2.45, 2.75) is 19.8 Å². The smallest absolute Gasteiger partial charge is 0.226 e. The van der Waals surface area contributed by atoms with Gasteiger partial charge in [-0.2, -0.15) is 15.1 Å². The molecule has 0 aromatic carbocycles. The second-order valence-corrected chi connectivity index (χ2v) is 4.03. The van der Waals surface area contributed by atoms with Crippen LogP contribution >= 0.6 is 0 Å². The number of anilines is 2. The average Bonchev–Trinajstić information content (AvgIpc) is 2.82. The van der Waals surface area contributed by atoms with E-state index >= 15 is 0 Å². The summed E-state index contributed by atoms with van der Waals surface area (Å²) in [6.45, 7) is 3.16. The predicted molar refractivity (Wildman–Crippen MR) is 69.4 cm³/mol. The molecule has 0 atom stereocenters. The zero-order chi connectivity index (χ0) is 12.3. The van der Waals surface area contributed by atoms with Crippen molar-refractivity contribution in [3.63, 3.8) is 0 Å². The van der Waals surface area contributed by atoms with Crippen molar-refractivity contribution < 1.29 is 0 Å². The molecule has 2 aromatic rings. The fourth-order valence-electron chi connectivity index (χ4n) is 1.72. The van der Waals surface area contributed by atoms with E-state index in [-0.39, 0.29) is 0 Å². The van der Waals surface area contributed by atoms with Crippen LogP contribution in [0.2, 0.25) is 0 Å². The molecule has 2 N–H and O–H groups in total. The van der Waals surface area contributed by atoms with Crippen molar-refractivity contribution in [2.24, 2.45) is 0 Å². The van der Waals surface area contributed by atoms with Gasteiger partial charge in [-0.25, -0.2) is 0 Å². The van der Waals surface area contributed by atoms with Crippen LogP contribution in [-0.4, -0.2) is 40.8 Å². The number of rotatable bonds is 5. The number of nitrogens with one attached hydrogen (secondary N) is 2. The summed E-state index contributed by atoms with van der Waals surface area (Å²) in [6, 6.07) is 0. The summed E-state index contributed by atoms with van der Waals surface area (Å²) in [5.41, 5.74) is 0.766. The van der Waals surface area contributed by atoms with Crippen LogP contribution in [0.5, 0.6) is 0 Å². The van der Waals surface area contributed by atoms with E-state index in [1.165, 1.54) is 6.42 Å². The highest BCUT2D eigenvalue weighted by atomic mass is 15.2. The van der Waals surface area contributed by atoms with Gasteiger partial charge >= 0.3 is 0 Å². The summed E-state index contributed by atoms with van der Waals surface area (Å²) < 4.78 is 0. The molecule has 6 heteroatoms. The largest absolute Gasteiger partial charge is 0.359 e. The highest BCUT2D eigenvalue weighted by Gasteiger charge is 2.12. The lowest BCUT2D eigenvalue weighted by atomic mass is 10.3. The molecule has 17 heavy (non-hydrogen) atoms. The molecule has 2 rings (SSSR count). The van der Waals surface area contributed by atoms with Crippen LogP contribution < -0.4 is 10.2 Å². The van der Waals surface area contributed by atoms with Crippen molar-refractivity contribution in [3.8, 4) is 0 Å². The minimum atomic E-state index is 0.611. The fraction of sp³-hybridized carbons (Fsp3) is 0.545. The normalized spacial score (nSPS) is 10.8. The van der Waals surface area contributed by atoms with Gasteiger partial charge in [-0.15, -0.1) is 0 Å². The maximum atomic E-state index is 4.49. The van der Waals surface area contributed by atoms with Gasteiger partial charge in [-0.1, -0.05) is 13.3 Å². The summed E-state index contributed by atoms with van der Waals surface area (Å²) in [4.78, 5) is 10.9. The van der Waals surface area contributed by atoms with E-state index in [9.17, 15) is 0 Å². The molecule has 2 aromatic heterocycles. The van der Waals surface area contributed by atoms with Gasteiger partial charge in [-0.3, -0.25) is 5.10 Å². The van der Waals surface area contributed by atoms with Crippen LogP contribution in [0.15, 0.2) is 6.20 Å². The molecule has 0 spiro atoms. The number of fused-ring (bicyclic) bond motifs is 1. The number of H-pyrrole nitrogens is 1. The monoisotopic (exact) mass is 234 g/mol. The maximum Gasteiger partial charge on any atom is 0.226 e. The molecule has 0 aliphatic carbocycles. The van der Waals surface area contributed by atoms with E-state index in [1.54, 1.807) is 6.20 Å². The van der Waals surface area contributed by atoms with Crippen molar-refractivity contribution in [1.82, 2.24) is 20.2 Å². The van der Waals surface area contributed by atoms with Gasteiger partial charge in [0, 0.05) is 20.6 Å². The number of unbranched alkanes of at least 4 members (excludes halogenated alkanes) is 1. The number of hydrogen-bond acceptors (Lipinski definition) is 5. The molecule has 0 aliphatic rings. The van der Waals surface area contributed by atoms with E-state index in [4.69, 9.17) is 0 Å². The van der Waals surface area contributed by atoms with Gasteiger partial charge < -0.3 is 10.2 Å². The Balaban J connectivity index is 2.39. The van der Waals surface area contributed by atoms with Crippen molar-refractivity contribution in [2.75, 3.05) is 30.9 Å². The Hall–Kier alpha value is -1.85. The van der Waals surface area contributed by atoms with E-state index < -0.39 is 0 Å². The standard InChI is InChI=1S/C11H18N6/c1-4-5-6-17(3)10-8-7-13-16-9(8)14-11(12-2)15-10/h7H,4-6H2,1-3H3,(H2,12,13,14,15,16). The van der Waals surface area contributed by atoms with Crippen LogP contribution in [0.1, 0.15) is 19.8 Å². The molecule has 0 fully saturated rings. The Morgan fingerprint density at radius 2 is 2.24 bits per heavy atom. The molecule has 0 radical (unpaired) electrons. The first-order chi connectivity index (χ1) is 8.26. The Morgan fingerprint density at radius 3 is 2.94 bits per heavy atom. The molecular formula is C11H18N6. The van der Waals surface area contributed by atoms with Gasteiger partial charge in [0.2, 0.25) is 5.95 Å². The number of nitrogens with zero attached hydrogens (tertiary/aromatic N) is 4. The van der Waals surface area contributed by atoms with Gasteiger partial charge in [0.05, 0.1) is 11.6 Å². The second kappa shape index (κ2) is 4.99. The highest BCUT2D eigenvalue weighted by molar-refractivity contribution is 5.87. The molecule has 92 valence electrons. The minimum Gasteiger partial charge on any atom is -0.359 e. The molecule has 0 aliphatic heterocycles. The van der Waals surface area contributed by atoms with Crippen molar-refractivity contribution in [3.05, 3.63) is 6.20 Å². The van der Waals surface area contributed by atoms with E-state index in [2.05, 4.69) is 37.3 Å². The summed E-state index contributed by atoms with van der Waals surface area (Å²) in [7, 11) is 3.86. The first-order valence-corrected chi connectivity index (χ1v) is 5.86. The topological polar surface area (TPSA) is 69.7 Å². The Morgan fingerprint density at radius 1 is 1.41 bits per heavy atom. The summed E-state index contributed by atoms with van der Waals surface area (Å²) in [6.07, 6.45) is 4.09. The van der Waals surface area contributed by atoms with Gasteiger partial charge in [-0.05, 0) is 6.42 Å². The third-order valence-corrected chi connectivity index (χ3v) is 2.72. The fourth-order valence-corrected chi connectivity index (χ4v) is 1.72. The molecule has 0 bridgehead atoms. The lowest BCUT2D eigenvalue weighted by molar-refractivity contribution is 0.761. The predicted octanol–water partition coefficient (Wildman–Crippen LogP) is 1.63. The van der Waals surface area contributed by atoms with Gasteiger partial charge in [0.25, 0.3) is 0 Å². The Labute approximate surface area is 100 Å². The molecular weight excluding hydrogens is 216 g/mol. The Kier molecular flexibility index (Phi) is 3.41. The third kappa shape index (κ3) is 2.30. The van der Waals surface area contributed by atoms with E-state index in [0.717, 1.165) is 29.8 Å². The molecule has 0 saturated heterocycles. The van der Waals surface area contributed by atoms with Crippen molar-refractivity contribution >= 4 is 22.8 Å². The van der Waals surface area contributed by atoms with Gasteiger partial charge in [0.1, 0.15) is 5.82 Å². The minimum absolute atomic E-state index is 0.611. The third-order valence-electron chi connectivity index (χ3n) is 2.72. The van der Waals surface area contributed by atoms with E-state index in [0.29, 0.717) is 5.95 Å². The van der Waals surface area contributed by atoms with Crippen LogP contribution in [0.25, 0.3) is 11.0 Å². The molecule has 0 amide bonds. The summed E-state index contributed by atoms with van der Waals surface area (Å²) >= 11 is 0. The van der Waals surface area contributed by atoms with Gasteiger partial charge in [0.15, 0.2) is 5.65 Å². The lowest BCUT2D eigenvalue weighted by Crippen LogP contribution is -2.20. The SMILES string of the molecule is CCCCN(C)c1nc(NC)nc2[nH]ncc12. The van der Waals surface area contributed by atoms with Crippen LogP contribution in [0.4, 0.5) is 11.8 Å². The lowest BCUT2D eigenvalue weighted by Gasteiger charge is -2.18. The second-order valence-electron chi connectivity index (χ2n) is 4.03. The molecule has 0 saturated carbocycles. The number of aromatic nitrogens is 4. The molecule has 6 nitrogen and oxygen atoms in total. The highest BCUT2D eigenvalue weighted by Crippen LogP contribution is 2.22. The first-order valence-electron chi connectivity index (χ1n) is 5.86. The quantitative estimate of drug-likeness (QED) is 0.823. The average molecular weight is 234 g/mol. The number of hydrogen-bond donors (Lipinski definition) is 2. The summed E-state index contributed by atoms with van der Waals surface area (Å²) in [5, 5.41) is 10.8. The van der Waals surface area contributed by atoms with Crippen LogP contribution in [0.3, 0.4) is 0 Å². The number of aromatic amines is 1. The first kappa shape index (κ1) is 11.6. The molecule has 0 unspecified atom stereocenters. The van der Waals surface area contributed by atoms with Crippen LogP contribution in [-0.2, 0) is 0 Å². The molecule has 2 heterocycles.